The zero-order valence-electron chi connectivity index (χ0n) is 10.9. The van der Waals surface area contributed by atoms with Crippen molar-refractivity contribution in [2.24, 2.45) is 0 Å². The Morgan fingerprint density at radius 1 is 1.42 bits per heavy atom. The van der Waals surface area contributed by atoms with Crippen LogP contribution in [0.25, 0.3) is 10.6 Å². The first-order valence-electron chi connectivity index (χ1n) is 5.79. The lowest BCUT2D eigenvalue weighted by molar-refractivity contribution is -0.385. The van der Waals surface area contributed by atoms with Crippen molar-refractivity contribution in [1.82, 2.24) is 15.5 Å². The van der Waals surface area contributed by atoms with Gasteiger partial charge in [-0.25, -0.2) is 0 Å². The third-order valence-corrected chi connectivity index (χ3v) is 4.05. The van der Waals surface area contributed by atoms with Crippen molar-refractivity contribution in [3.8, 4) is 10.6 Å². The van der Waals surface area contributed by atoms with E-state index in [2.05, 4.69) is 15.5 Å². The number of nitrogens with one attached hydrogen (secondary N) is 1. The molecule has 2 rings (SSSR count). The van der Waals surface area contributed by atoms with Gasteiger partial charge in [0.25, 0.3) is 5.69 Å². The molecular weight excluding hydrogens is 264 g/mol. The van der Waals surface area contributed by atoms with E-state index >= 15 is 0 Å². The first-order valence-corrected chi connectivity index (χ1v) is 6.60. The number of hydrogen-bond acceptors (Lipinski definition) is 6. The summed E-state index contributed by atoms with van der Waals surface area (Å²) in [6, 6.07) is 5.22. The third-order valence-electron chi connectivity index (χ3n) is 2.90. The predicted octanol–water partition coefficient (Wildman–Crippen LogP) is 2.70. The Labute approximate surface area is 114 Å². The lowest BCUT2D eigenvalue weighted by atomic mass is 10.1. The van der Waals surface area contributed by atoms with Gasteiger partial charge < -0.3 is 5.32 Å². The van der Waals surface area contributed by atoms with Gasteiger partial charge in [-0.15, -0.1) is 10.2 Å². The topological polar surface area (TPSA) is 81.0 Å². The van der Waals surface area contributed by atoms with E-state index < -0.39 is 0 Å². The molecule has 0 fully saturated rings. The van der Waals surface area contributed by atoms with Gasteiger partial charge in [-0.3, -0.25) is 10.1 Å². The lowest BCUT2D eigenvalue weighted by Crippen LogP contribution is -2.11. The Morgan fingerprint density at radius 3 is 2.79 bits per heavy atom. The van der Waals surface area contributed by atoms with Crippen molar-refractivity contribution < 1.29 is 4.92 Å². The molecule has 0 saturated heterocycles. The quantitative estimate of drug-likeness (QED) is 0.687. The van der Waals surface area contributed by atoms with Crippen LogP contribution in [0.15, 0.2) is 18.2 Å². The number of nitrogens with zero attached hydrogens (tertiary/aromatic N) is 3. The molecule has 1 unspecified atom stereocenters. The molecule has 0 spiro atoms. The van der Waals surface area contributed by atoms with Crippen molar-refractivity contribution in [1.29, 1.82) is 0 Å². The minimum atomic E-state index is -0.378. The van der Waals surface area contributed by atoms with Gasteiger partial charge >= 0.3 is 0 Å². The maximum atomic E-state index is 10.9. The molecule has 7 heteroatoms. The van der Waals surface area contributed by atoms with Gasteiger partial charge in [-0.1, -0.05) is 23.5 Å². The Kier molecular flexibility index (Phi) is 3.87. The maximum Gasteiger partial charge on any atom is 0.273 e. The summed E-state index contributed by atoms with van der Waals surface area (Å²) in [5, 5.41) is 23.8. The summed E-state index contributed by atoms with van der Waals surface area (Å²) < 4.78 is 0. The van der Waals surface area contributed by atoms with Crippen LogP contribution in [0.1, 0.15) is 23.5 Å². The molecular formula is C12H14N4O2S. The van der Waals surface area contributed by atoms with E-state index in [9.17, 15) is 10.1 Å². The van der Waals surface area contributed by atoms with Gasteiger partial charge in [0.2, 0.25) is 0 Å². The summed E-state index contributed by atoms with van der Waals surface area (Å²) >= 11 is 1.44. The number of aryl methyl sites for hydroxylation is 1. The number of hydrogen-bond donors (Lipinski definition) is 1. The van der Waals surface area contributed by atoms with Crippen molar-refractivity contribution >= 4 is 17.0 Å². The summed E-state index contributed by atoms with van der Waals surface area (Å²) in [4.78, 5) is 10.6. The molecule has 6 nitrogen and oxygen atoms in total. The third kappa shape index (κ3) is 2.77. The Bertz CT molecular complexity index is 612. The van der Waals surface area contributed by atoms with Crippen molar-refractivity contribution in [2.75, 3.05) is 7.05 Å². The number of aromatic nitrogens is 2. The standard InChI is InChI=1S/C12H14N4O2S/c1-7-4-5-9(6-10(7)16(17)18)12-15-14-11(19-12)8(2)13-3/h4-6,8,13H,1-3H3. The van der Waals surface area contributed by atoms with Crippen LogP contribution in [0.5, 0.6) is 0 Å². The van der Waals surface area contributed by atoms with Gasteiger partial charge in [-0.05, 0) is 20.9 Å². The molecule has 19 heavy (non-hydrogen) atoms. The minimum absolute atomic E-state index is 0.107. The van der Waals surface area contributed by atoms with Crippen molar-refractivity contribution in [3.05, 3.63) is 38.9 Å². The summed E-state index contributed by atoms with van der Waals surface area (Å²) in [7, 11) is 1.85. The minimum Gasteiger partial charge on any atom is -0.311 e. The smallest absolute Gasteiger partial charge is 0.273 e. The van der Waals surface area contributed by atoms with E-state index in [-0.39, 0.29) is 16.7 Å². The van der Waals surface area contributed by atoms with E-state index in [0.29, 0.717) is 10.6 Å². The molecule has 1 N–H and O–H groups in total. The van der Waals surface area contributed by atoms with Gasteiger partial charge in [0.1, 0.15) is 10.0 Å². The second kappa shape index (κ2) is 5.41. The molecule has 1 heterocycles. The zero-order valence-corrected chi connectivity index (χ0v) is 11.7. The number of nitro benzene ring substituents is 1. The average Bonchev–Trinajstić information content (AvgIpc) is 2.87. The number of nitro groups is 1. The Morgan fingerprint density at radius 2 is 2.16 bits per heavy atom. The molecule has 1 atom stereocenters. The van der Waals surface area contributed by atoms with E-state index in [1.54, 1.807) is 19.1 Å². The normalized spacial score (nSPS) is 12.4. The Balaban J connectivity index is 2.39. The van der Waals surface area contributed by atoms with Gasteiger partial charge in [-0.2, -0.15) is 0 Å². The molecule has 0 saturated carbocycles. The van der Waals surface area contributed by atoms with E-state index in [1.807, 2.05) is 20.0 Å². The highest BCUT2D eigenvalue weighted by Gasteiger charge is 2.15. The predicted molar refractivity (Wildman–Crippen MR) is 74.2 cm³/mol. The second-order valence-corrected chi connectivity index (χ2v) is 5.22. The van der Waals surface area contributed by atoms with Crippen LogP contribution in [-0.2, 0) is 0 Å². The first kappa shape index (κ1) is 13.6. The fourth-order valence-corrected chi connectivity index (χ4v) is 2.49. The monoisotopic (exact) mass is 278 g/mol. The van der Waals surface area contributed by atoms with Crippen LogP contribution in [-0.4, -0.2) is 22.2 Å². The molecule has 0 aliphatic rings. The molecule has 100 valence electrons. The van der Waals surface area contributed by atoms with Crippen LogP contribution in [0.3, 0.4) is 0 Å². The molecule has 2 aromatic rings. The van der Waals surface area contributed by atoms with E-state index in [0.717, 1.165) is 10.6 Å². The summed E-state index contributed by atoms with van der Waals surface area (Å²) in [6.45, 7) is 3.71. The van der Waals surface area contributed by atoms with Crippen molar-refractivity contribution in [2.45, 2.75) is 19.9 Å². The molecule has 0 amide bonds. The van der Waals surface area contributed by atoms with Gasteiger partial charge in [0.15, 0.2) is 0 Å². The zero-order chi connectivity index (χ0) is 14.0. The van der Waals surface area contributed by atoms with E-state index in [4.69, 9.17) is 0 Å². The summed E-state index contributed by atoms with van der Waals surface area (Å²) in [5.74, 6) is 0. The summed E-state index contributed by atoms with van der Waals surface area (Å²) in [6.07, 6.45) is 0. The van der Waals surface area contributed by atoms with Crippen LogP contribution < -0.4 is 5.32 Å². The number of benzene rings is 1. The molecule has 0 aliphatic heterocycles. The fraction of sp³-hybridized carbons (Fsp3) is 0.333. The SMILES string of the molecule is CNC(C)c1nnc(-c2ccc(C)c([N+](=O)[O-])c2)s1. The fourth-order valence-electron chi connectivity index (χ4n) is 1.59. The molecule has 0 bridgehead atoms. The van der Waals surface area contributed by atoms with Crippen LogP contribution in [0.4, 0.5) is 5.69 Å². The lowest BCUT2D eigenvalue weighted by Gasteiger charge is -2.03. The van der Waals surface area contributed by atoms with Crippen LogP contribution in [0, 0.1) is 17.0 Å². The van der Waals surface area contributed by atoms with E-state index in [1.165, 1.54) is 11.3 Å². The molecule has 1 aromatic heterocycles. The van der Waals surface area contributed by atoms with Crippen LogP contribution in [0.2, 0.25) is 0 Å². The van der Waals surface area contributed by atoms with Gasteiger partial charge in [0.05, 0.1) is 11.0 Å². The summed E-state index contributed by atoms with van der Waals surface area (Å²) in [5.41, 5.74) is 1.47. The molecule has 0 aliphatic carbocycles. The second-order valence-electron chi connectivity index (χ2n) is 4.21. The Hall–Kier alpha value is -1.86. The highest BCUT2D eigenvalue weighted by molar-refractivity contribution is 7.14. The molecule has 1 aromatic carbocycles. The average molecular weight is 278 g/mol. The van der Waals surface area contributed by atoms with Crippen molar-refractivity contribution in [3.63, 3.8) is 0 Å². The number of rotatable bonds is 4. The van der Waals surface area contributed by atoms with Gasteiger partial charge in [0, 0.05) is 17.2 Å². The maximum absolute atomic E-state index is 10.9. The highest BCUT2D eigenvalue weighted by atomic mass is 32.1. The highest BCUT2D eigenvalue weighted by Crippen LogP contribution is 2.30. The molecule has 0 radical (unpaired) electrons. The first-order chi connectivity index (χ1) is 9.02. The largest absolute Gasteiger partial charge is 0.311 e. The van der Waals surface area contributed by atoms with Crippen LogP contribution >= 0.6 is 11.3 Å².